The van der Waals surface area contributed by atoms with Gasteiger partial charge in [0.25, 0.3) is 0 Å². The Hall–Kier alpha value is -2.42. The molecule has 4 rings (SSSR count). The van der Waals surface area contributed by atoms with Crippen LogP contribution in [0.1, 0.15) is 19.5 Å². The number of sulfone groups is 1. The summed E-state index contributed by atoms with van der Waals surface area (Å²) in [7, 11) is -3.42. The molecule has 0 aliphatic heterocycles. The highest BCUT2D eigenvalue weighted by molar-refractivity contribution is 7.90. The summed E-state index contributed by atoms with van der Waals surface area (Å²) in [6.07, 6.45) is 1.11. The predicted molar refractivity (Wildman–Crippen MR) is 138 cm³/mol. The van der Waals surface area contributed by atoms with Crippen molar-refractivity contribution in [1.29, 1.82) is 0 Å². The first-order valence-electron chi connectivity index (χ1n) is 10.3. The minimum absolute atomic E-state index is 0.0523. The fraction of sp³-hybridized carbons (Fsp3) is 0.160. The number of nitrogens with zero attached hydrogens (tertiary/aromatic N) is 2. The van der Waals surface area contributed by atoms with Crippen LogP contribution in [0, 0.1) is 5.82 Å². The third-order valence-corrected chi connectivity index (χ3v) is 7.67. The molecule has 1 N–H and O–H groups in total. The quantitative estimate of drug-likeness (QED) is 0.291. The van der Waals surface area contributed by atoms with E-state index >= 15 is 4.39 Å². The van der Waals surface area contributed by atoms with Crippen molar-refractivity contribution in [2.45, 2.75) is 24.3 Å². The number of aliphatic hydroxyl groups is 1. The molecule has 0 atom stereocenters. The van der Waals surface area contributed by atoms with Crippen LogP contribution < -0.4 is 0 Å². The van der Waals surface area contributed by atoms with Gasteiger partial charge in [0.05, 0.1) is 25.7 Å². The molecule has 0 aliphatic carbocycles. The summed E-state index contributed by atoms with van der Waals surface area (Å²) >= 11 is 19.3. The maximum absolute atomic E-state index is 15.5. The summed E-state index contributed by atoms with van der Waals surface area (Å²) in [4.78, 5) is 0.131. The summed E-state index contributed by atoms with van der Waals surface area (Å²) in [6.45, 7) is 3.03. The van der Waals surface area contributed by atoms with Crippen LogP contribution in [0.3, 0.4) is 0 Å². The van der Waals surface area contributed by atoms with Crippen molar-refractivity contribution in [1.82, 2.24) is 9.78 Å². The van der Waals surface area contributed by atoms with Crippen LogP contribution in [0.4, 0.5) is 4.39 Å². The Morgan fingerprint density at radius 3 is 2.23 bits per heavy atom. The molecule has 0 spiro atoms. The van der Waals surface area contributed by atoms with E-state index in [4.69, 9.17) is 34.8 Å². The standard InChI is InChI=1S/C25H20Cl3FN2O3S/c1-25(2,32)24-22(28)23(17-8-5-9-18(26)21(17)27)31(30-24)20-11-10-15(13-19(20)29)14-6-4-7-16(12-14)35(3,33)34/h4-13,32H,1-3H3. The molecule has 0 saturated heterocycles. The van der Waals surface area contributed by atoms with Gasteiger partial charge in [0.2, 0.25) is 0 Å². The highest BCUT2D eigenvalue weighted by Crippen LogP contribution is 2.42. The lowest BCUT2D eigenvalue weighted by atomic mass is 10.0. The Bertz CT molecular complexity index is 1560. The van der Waals surface area contributed by atoms with Crippen molar-refractivity contribution in [2.75, 3.05) is 6.26 Å². The SMILES string of the molecule is CC(C)(O)c1nn(-c2ccc(-c3cccc(S(C)(=O)=O)c3)cc2F)c(-c2cccc(Cl)c2Cl)c1Cl. The molecule has 4 aromatic rings. The molecule has 0 unspecified atom stereocenters. The summed E-state index contributed by atoms with van der Waals surface area (Å²) in [5, 5.41) is 15.6. The minimum Gasteiger partial charge on any atom is -0.384 e. The van der Waals surface area contributed by atoms with E-state index < -0.39 is 21.3 Å². The first-order valence-corrected chi connectivity index (χ1v) is 13.4. The van der Waals surface area contributed by atoms with Gasteiger partial charge >= 0.3 is 0 Å². The third kappa shape index (κ3) is 4.97. The lowest BCUT2D eigenvalue weighted by molar-refractivity contribution is 0.0735. The normalized spacial score (nSPS) is 12.2. The average Bonchev–Trinajstić information content (AvgIpc) is 3.12. The van der Waals surface area contributed by atoms with Gasteiger partial charge in [-0.2, -0.15) is 5.10 Å². The van der Waals surface area contributed by atoms with E-state index in [0.717, 1.165) is 6.26 Å². The molecule has 0 saturated carbocycles. The van der Waals surface area contributed by atoms with Crippen LogP contribution in [-0.2, 0) is 15.4 Å². The van der Waals surface area contributed by atoms with Gasteiger partial charge < -0.3 is 5.11 Å². The molecule has 35 heavy (non-hydrogen) atoms. The second kappa shape index (κ2) is 9.22. The average molecular weight is 554 g/mol. The van der Waals surface area contributed by atoms with E-state index in [-0.39, 0.29) is 37.0 Å². The number of benzene rings is 3. The molecule has 182 valence electrons. The van der Waals surface area contributed by atoms with Gasteiger partial charge in [-0.25, -0.2) is 17.5 Å². The zero-order valence-corrected chi connectivity index (χ0v) is 21.9. The van der Waals surface area contributed by atoms with Crippen LogP contribution >= 0.6 is 34.8 Å². The van der Waals surface area contributed by atoms with Gasteiger partial charge in [-0.3, -0.25) is 0 Å². The van der Waals surface area contributed by atoms with Gasteiger partial charge in [0.15, 0.2) is 9.84 Å². The molecule has 3 aromatic carbocycles. The van der Waals surface area contributed by atoms with Crippen molar-refractivity contribution < 1.29 is 17.9 Å². The maximum atomic E-state index is 15.5. The smallest absolute Gasteiger partial charge is 0.175 e. The second-order valence-electron chi connectivity index (χ2n) is 8.55. The molecule has 0 bridgehead atoms. The van der Waals surface area contributed by atoms with E-state index in [2.05, 4.69) is 5.10 Å². The van der Waals surface area contributed by atoms with Crippen LogP contribution in [-0.4, -0.2) is 29.6 Å². The highest BCUT2D eigenvalue weighted by atomic mass is 35.5. The summed E-state index contributed by atoms with van der Waals surface area (Å²) in [5.41, 5.74) is 0.446. The van der Waals surface area contributed by atoms with E-state index in [1.807, 2.05) is 0 Å². The van der Waals surface area contributed by atoms with Crippen molar-refractivity contribution in [2.24, 2.45) is 0 Å². The Kier molecular flexibility index (Phi) is 6.76. The minimum atomic E-state index is -3.42. The first kappa shape index (κ1) is 25.7. The lowest BCUT2D eigenvalue weighted by Gasteiger charge is -2.14. The monoisotopic (exact) mass is 552 g/mol. The van der Waals surface area contributed by atoms with Crippen LogP contribution in [0.25, 0.3) is 28.1 Å². The van der Waals surface area contributed by atoms with Gasteiger partial charge in [-0.1, -0.05) is 65.1 Å². The Labute approximate surface area is 217 Å². The molecular weight excluding hydrogens is 534 g/mol. The number of halogens is 4. The predicted octanol–water partition coefficient (Wildman–Crippen LogP) is 6.94. The summed E-state index contributed by atoms with van der Waals surface area (Å²) in [5.74, 6) is -0.645. The zero-order valence-electron chi connectivity index (χ0n) is 18.9. The van der Waals surface area contributed by atoms with Gasteiger partial charge in [0, 0.05) is 11.8 Å². The van der Waals surface area contributed by atoms with E-state index in [9.17, 15) is 13.5 Å². The third-order valence-electron chi connectivity index (χ3n) is 5.39. The van der Waals surface area contributed by atoms with Crippen molar-refractivity contribution >= 4 is 44.6 Å². The topological polar surface area (TPSA) is 72.2 Å². The highest BCUT2D eigenvalue weighted by Gasteiger charge is 2.30. The molecule has 1 heterocycles. The summed E-state index contributed by atoms with van der Waals surface area (Å²) in [6, 6.07) is 15.6. The maximum Gasteiger partial charge on any atom is 0.175 e. The molecule has 0 fully saturated rings. The number of rotatable bonds is 5. The Morgan fingerprint density at radius 2 is 1.60 bits per heavy atom. The molecule has 5 nitrogen and oxygen atoms in total. The number of hydrogen-bond acceptors (Lipinski definition) is 4. The van der Waals surface area contributed by atoms with Crippen molar-refractivity contribution in [3.8, 4) is 28.1 Å². The lowest BCUT2D eigenvalue weighted by Crippen LogP contribution is -2.17. The molecule has 10 heteroatoms. The van der Waals surface area contributed by atoms with Crippen LogP contribution in [0.5, 0.6) is 0 Å². The fourth-order valence-corrected chi connectivity index (χ4v) is 5.16. The van der Waals surface area contributed by atoms with E-state index in [0.29, 0.717) is 16.7 Å². The van der Waals surface area contributed by atoms with E-state index in [1.54, 1.807) is 36.4 Å². The van der Waals surface area contributed by atoms with Crippen LogP contribution in [0.15, 0.2) is 65.6 Å². The molecule has 1 aromatic heterocycles. The Morgan fingerprint density at radius 1 is 0.943 bits per heavy atom. The fourth-order valence-electron chi connectivity index (χ4n) is 3.65. The Balaban J connectivity index is 1.92. The molecule has 0 radical (unpaired) electrons. The second-order valence-corrected chi connectivity index (χ2v) is 11.7. The largest absolute Gasteiger partial charge is 0.384 e. The van der Waals surface area contributed by atoms with Gasteiger partial charge in [-0.05, 0) is 55.3 Å². The van der Waals surface area contributed by atoms with Gasteiger partial charge in [0.1, 0.15) is 22.8 Å². The van der Waals surface area contributed by atoms with Crippen molar-refractivity contribution in [3.05, 3.63) is 87.2 Å². The molecule has 0 aliphatic rings. The molecular formula is C25H20Cl3FN2O3S. The van der Waals surface area contributed by atoms with Gasteiger partial charge in [-0.15, -0.1) is 0 Å². The first-order chi connectivity index (χ1) is 16.3. The summed E-state index contributed by atoms with van der Waals surface area (Å²) < 4.78 is 40.6. The van der Waals surface area contributed by atoms with Crippen molar-refractivity contribution in [3.63, 3.8) is 0 Å². The van der Waals surface area contributed by atoms with Crippen LogP contribution in [0.2, 0.25) is 15.1 Å². The zero-order chi connectivity index (χ0) is 25.7. The number of hydrogen-bond donors (Lipinski definition) is 1. The molecule has 0 amide bonds. The van der Waals surface area contributed by atoms with E-state index in [1.165, 1.54) is 42.8 Å². The number of aromatic nitrogens is 2.